The van der Waals surface area contributed by atoms with E-state index in [2.05, 4.69) is 49.5 Å². The lowest BCUT2D eigenvalue weighted by molar-refractivity contribution is 0.796. The highest BCUT2D eigenvalue weighted by Crippen LogP contribution is 2.16. The third-order valence-corrected chi connectivity index (χ3v) is 4.82. The van der Waals surface area contributed by atoms with Crippen LogP contribution in [0.5, 0.6) is 0 Å². The van der Waals surface area contributed by atoms with E-state index in [0.717, 1.165) is 23.6 Å². The first-order valence-corrected chi connectivity index (χ1v) is 9.40. The Balaban J connectivity index is 1.43. The van der Waals surface area contributed by atoms with Gasteiger partial charge in [-0.3, -0.25) is 4.79 Å². The first-order chi connectivity index (χ1) is 14.1. The molecule has 4 rings (SSSR count). The fourth-order valence-electron chi connectivity index (χ4n) is 3.04. The largest absolute Gasteiger partial charge is 0.366 e. The monoisotopic (exact) mass is 386 g/mol. The standard InChI is InChI=1S/C22H22N6O/c1-15-16(2)26-21(27-22(15)29)19-6-7-20(25-12-19)24-11-17-4-3-5-18(10-17)13-28-9-8-23-14-28/h3-10,12,14H,11,13H2,1-2H3,(H,24,25)(H,26,27,29). The van der Waals surface area contributed by atoms with E-state index in [1.807, 2.05) is 36.1 Å². The number of hydrogen-bond donors (Lipinski definition) is 2. The molecule has 3 aromatic heterocycles. The van der Waals surface area contributed by atoms with Crippen LogP contribution in [0.25, 0.3) is 11.4 Å². The molecule has 0 fully saturated rings. The number of benzene rings is 1. The molecule has 0 saturated heterocycles. The van der Waals surface area contributed by atoms with Crippen molar-refractivity contribution >= 4 is 5.82 Å². The topological polar surface area (TPSA) is 88.5 Å². The van der Waals surface area contributed by atoms with Gasteiger partial charge in [0.2, 0.25) is 0 Å². The highest BCUT2D eigenvalue weighted by Gasteiger charge is 2.07. The highest BCUT2D eigenvalue weighted by molar-refractivity contribution is 5.56. The fourth-order valence-corrected chi connectivity index (χ4v) is 3.04. The van der Waals surface area contributed by atoms with Crippen molar-refractivity contribution in [1.29, 1.82) is 0 Å². The zero-order valence-corrected chi connectivity index (χ0v) is 16.4. The van der Waals surface area contributed by atoms with E-state index in [-0.39, 0.29) is 5.56 Å². The second kappa shape index (κ2) is 8.10. The lowest BCUT2D eigenvalue weighted by Gasteiger charge is -2.09. The van der Waals surface area contributed by atoms with E-state index < -0.39 is 0 Å². The number of pyridine rings is 1. The van der Waals surface area contributed by atoms with Crippen LogP contribution in [-0.2, 0) is 13.1 Å². The van der Waals surface area contributed by atoms with Crippen LogP contribution in [0.1, 0.15) is 22.4 Å². The zero-order valence-electron chi connectivity index (χ0n) is 16.4. The van der Waals surface area contributed by atoms with E-state index in [1.54, 1.807) is 19.3 Å². The summed E-state index contributed by atoms with van der Waals surface area (Å²) in [5.41, 5.74) is 4.41. The lowest BCUT2D eigenvalue weighted by Crippen LogP contribution is -2.14. The van der Waals surface area contributed by atoms with Gasteiger partial charge < -0.3 is 14.9 Å². The quantitative estimate of drug-likeness (QED) is 0.531. The van der Waals surface area contributed by atoms with E-state index in [1.165, 1.54) is 11.1 Å². The number of H-pyrrole nitrogens is 1. The van der Waals surface area contributed by atoms with E-state index >= 15 is 0 Å². The van der Waals surface area contributed by atoms with Crippen LogP contribution in [0, 0.1) is 13.8 Å². The molecule has 0 bridgehead atoms. The summed E-state index contributed by atoms with van der Waals surface area (Å²) in [7, 11) is 0. The van der Waals surface area contributed by atoms with Crippen molar-refractivity contribution in [3.63, 3.8) is 0 Å². The minimum Gasteiger partial charge on any atom is -0.366 e. The summed E-state index contributed by atoms with van der Waals surface area (Å²) in [4.78, 5) is 27.7. The van der Waals surface area contributed by atoms with Gasteiger partial charge in [-0.1, -0.05) is 24.3 Å². The number of anilines is 1. The maximum atomic E-state index is 12.0. The first kappa shape index (κ1) is 18.6. The minimum absolute atomic E-state index is 0.120. The van der Waals surface area contributed by atoms with Gasteiger partial charge in [-0.15, -0.1) is 0 Å². The number of aromatic amines is 1. The Labute approximate surface area is 168 Å². The number of aryl methyl sites for hydroxylation is 1. The van der Waals surface area contributed by atoms with Crippen LogP contribution in [-0.4, -0.2) is 24.5 Å². The summed E-state index contributed by atoms with van der Waals surface area (Å²) >= 11 is 0. The van der Waals surface area contributed by atoms with E-state index in [0.29, 0.717) is 17.9 Å². The molecule has 7 nitrogen and oxygen atoms in total. The molecule has 0 aliphatic rings. The second-order valence-corrected chi connectivity index (χ2v) is 6.97. The molecule has 0 radical (unpaired) electrons. The van der Waals surface area contributed by atoms with Crippen molar-refractivity contribution in [2.24, 2.45) is 0 Å². The molecule has 0 saturated carbocycles. The summed E-state index contributed by atoms with van der Waals surface area (Å²) in [5.74, 6) is 1.30. The van der Waals surface area contributed by atoms with Crippen LogP contribution in [0.4, 0.5) is 5.82 Å². The zero-order chi connectivity index (χ0) is 20.2. The van der Waals surface area contributed by atoms with Gasteiger partial charge in [0.25, 0.3) is 5.56 Å². The average molecular weight is 386 g/mol. The number of hydrogen-bond acceptors (Lipinski definition) is 5. The number of imidazole rings is 1. The van der Waals surface area contributed by atoms with Gasteiger partial charge in [0, 0.05) is 48.5 Å². The Morgan fingerprint density at radius 2 is 2.00 bits per heavy atom. The Kier molecular flexibility index (Phi) is 5.20. The number of rotatable bonds is 6. The third kappa shape index (κ3) is 4.40. The minimum atomic E-state index is -0.120. The molecule has 146 valence electrons. The number of nitrogens with zero attached hydrogens (tertiary/aromatic N) is 4. The number of nitrogens with one attached hydrogen (secondary N) is 2. The predicted molar refractivity (Wildman–Crippen MR) is 113 cm³/mol. The van der Waals surface area contributed by atoms with Crippen molar-refractivity contribution < 1.29 is 0 Å². The van der Waals surface area contributed by atoms with Gasteiger partial charge in [0.15, 0.2) is 0 Å². The molecule has 0 aliphatic heterocycles. The Morgan fingerprint density at radius 1 is 1.14 bits per heavy atom. The Bertz CT molecular complexity index is 1160. The van der Waals surface area contributed by atoms with Gasteiger partial charge in [-0.25, -0.2) is 15.0 Å². The summed E-state index contributed by atoms with van der Waals surface area (Å²) in [5, 5.41) is 3.33. The van der Waals surface area contributed by atoms with Crippen LogP contribution in [0.3, 0.4) is 0 Å². The van der Waals surface area contributed by atoms with Gasteiger partial charge >= 0.3 is 0 Å². The van der Waals surface area contributed by atoms with Crippen molar-refractivity contribution in [2.45, 2.75) is 26.9 Å². The molecule has 0 spiro atoms. The van der Waals surface area contributed by atoms with Gasteiger partial charge in [-0.05, 0) is 37.1 Å². The molecular weight excluding hydrogens is 364 g/mol. The molecule has 0 unspecified atom stereocenters. The van der Waals surface area contributed by atoms with Crippen LogP contribution in [0.2, 0.25) is 0 Å². The molecule has 29 heavy (non-hydrogen) atoms. The Morgan fingerprint density at radius 3 is 2.72 bits per heavy atom. The summed E-state index contributed by atoms with van der Waals surface area (Å²) in [6.07, 6.45) is 7.26. The van der Waals surface area contributed by atoms with Crippen LogP contribution < -0.4 is 10.9 Å². The molecule has 1 aromatic carbocycles. The molecule has 3 heterocycles. The molecule has 0 amide bonds. The van der Waals surface area contributed by atoms with E-state index in [9.17, 15) is 4.79 Å². The van der Waals surface area contributed by atoms with Gasteiger partial charge in [0.05, 0.1) is 6.33 Å². The van der Waals surface area contributed by atoms with Gasteiger partial charge in [-0.2, -0.15) is 0 Å². The van der Waals surface area contributed by atoms with Crippen molar-refractivity contribution in [1.82, 2.24) is 24.5 Å². The maximum Gasteiger partial charge on any atom is 0.254 e. The molecule has 0 atom stereocenters. The van der Waals surface area contributed by atoms with Crippen LogP contribution >= 0.6 is 0 Å². The third-order valence-electron chi connectivity index (χ3n) is 4.82. The predicted octanol–water partition coefficient (Wildman–Crippen LogP) is 3.31. The molecule has 2 N–H and O–H groups in total. The molecule has 0 aliphatic carbocycles. The van der Waals surface area contributed by atoms with Gasteiger partial charge in [0.1, 0.15) is 11.6 Å². The second-order valence-electron chi connectivity index (χ2n) is 6.97. The Hall–Kier alpha value is -3.74. The first-order valence-electron chi connectivity index (χ1n) is 9.40. The summed E-state index contributed by atoms with van der Waals surface area (Å²) in [6, 6.07) is 12.2. The summed E-state index contributed by atoms with van der Waals surface area (Å²) in [6.45, 7) is 5.06. The van der Waals surface area contributed by atoms with Crippen LogP contribution in [0.15, 0.2) is 66.1 Å². The van der Waals surface area contributed by atoms with Crippen molar-refractivity contribution in [2.75, 3.05) is 5.32 Å². The average Bonchev–Trinajstić information content (AvgIpc) is 3.24. The SMILES string of the molecule is Cc1nc(-c2ccc(NCc3cccc(Cn4ccnc4)c3)nc2)[nH]c(=O)c1C. The summed E-state index contributed by atoms with van der Waals surface area (Å²) < 4.78 is 2.04. The molecule has 7 heteroatoms. The smallest absolute Gasteiger partial charge is 0.254 e. The lowest BCUT2D eigenvalue weighted by atomic mass is 10.1. The molecular formula is C22H22N6O. The van der Waals surface area contributed by atoms with Crippen molar-refractivity contribution in [3.8, 4) is 11.4 Å². The number of aromatic nitrogens is 5. The highest BCUT2D eigenvalue weighted by atomic mass is 16.1. The fraction of sp³-hybridized carbons (Fsp3) is 0.182. The van der Waals surface area contributed by atoms with E-state index in [4.69, 9.17) is 0 Å². The maximum absolute atomic E-state index is 12.0. The molecule has 4 aromatic rings. The normalized spacial score (nSPS) is 10.8. The van der Waals surface area contributed by atoms with Crippen molar-refractivity contribution in [3.05, 3.63) is 94.1 Å².